The van der Waals surface area contributed by atoms with Crippen LogP contribution in [0.2, 0.25) is 0 Å². The maximum Gasteiger partial charge on any atom is 0.312 e. The molecule has 0 unspecified atom stereocenters. The van der Waals surface area contributed by atoms with Crippen LogP contribution in [0.25, 0.3) is 0 Å². The Morgan fingerprint density at radius 2 is 1.83 bits per heavy atom. The third kappa shape index (κ3) is 3.25. The van der Waals surface area contributed by atoms with Crippen molar-refractivity contribution in [3.8, 4) is 0 Å². The first-order chi connectivity index (χ1) is 11.3. The van der Waals surface area contributed by atoms with E-state index in [1.807, 2.05) is 0 Å². The van der Waals surface area contributed by atoms with Crippen molar-refractivity contribution in [2.75, 3.05) is 27.2 Å². The van der Waals surface area contributed by atoms with Crippen LogP contribution >= 0.6 is 11.6 Å². The van der Waals surface area contributed by atoms with Gasteiger partial charge in [-0.05, 0) is 50.4 Å². The van der Waals surface area contributed by atoms with E-state index in [2.05, 4.69) is 5.32 Å². The van der Waals surface area contributed by atoms with Gasteiger partial charge in [-0.15, -0.1) is 11.6 Å². The van der Waals surface area contributed by atoms with Crippen molar-refractivity contribution >= 4 is 29.4 Å². The highest BCUT2D eigenvalue weighted by Crippen LogP contribution is 2.64. The average Bonchev–Trinajstić information content (AvgIpc) is 2.49. The van der Waals surface area contributed by atoms with Crippen molar-refractivity contribution in [2.45, 2.75) is 43.4 Å². The minimum atomic E-state index is -0.508. The van der Waals surface area contributed by atoms with Gasteiger partial charge in [0.2, 0.25) is 5.91 Å². The molecule has 4 aliphatic rings. The number of hydrogen-bond donors (Lipinski definition) is 1. The molecule has 2 atom stereocenters. The summed E-state index contributed by atoms with van der Waals surface area (Å²) in [6, 6.07) is 0. The Hall–Kier alpha value is -1.30. The quantitative estimate of drug-likeness (QED) is 0.595. The lowest BCUT2D eigenvalue weighted by atomic mass is 9.49. The van der Waals surface area contributed by atoms with E-state index in [1.165, 1.54) is 19.0 Å². The number of carbonyl (C=O) groups excluding carboxylic acids is 3. The fourth-order valence-electron chi connectivity index (χ4n) is 5.16. The van der Waals surface area contributed by atoms with Gasteiger partial charge in [0.1, 0.15) is 0 Å². The second kappa shape index (κ2) is 6.21. The van der Waals surface area contributed by atoms with Crippen molar-refractivity contribution in [3.05, 3.63) is 0 Å². The Morgan fingerprint density at radius 3 is 2.38 bits per heavy atom. The molecule has 0 aromatic heterocycles. The number of alkyl halides is 1. The van der Waals surface area contributed by atoms with Crippen LogP contribution in [0.5, 0.6) is 0 Å². The zero-order chi connectivity index (χ0) is 17.5. The van der Waals surface area contributed by atoms with Crippen LogP contribution in [0.15, 0.2) is 0 Å². The molecule has 7 heteroatoms. The topological polar surface area (TPSA) is 75.7 Å². The van der Waals surface area contributed by atoms with Gasteiger partial charge in [-0.3, -0.25) is 14.4 Å². The van der Waals surface area contributed by atoms with Crippen LogP contribution in [-0.2, 0) is 19.1 Å². The van der Waals surface area contributed by atoms with Crippen LogP contribution in [0.4, 0.5) is 0 Å². The SMILES string of the molecule is CNC(=O)CN(C)C(=O)COC(=O)C12C[C@@H]3C[C@H](CC(Cl)(C3)C1)C2. The third-order valence-electron chi connectivity index (χ3n) is 5.83. The summed E-state index contributed by atoms with van der Waals surface area (Å²) in [4.78, 5) is 37.0. The van der Waals surface area contributed by atoms with Crippen molar-refractivity contribution in [1.82, 2.24) is 10.2 Å². The number of amides is 2. The lowest BCUT2D eigenvalue weighted by molar-refractivity contribution is -0.173. The minimum absolute atomic E-state index is 0.0486. The zero-order valence-electron chi connectivity index (χ0n) is 14.3. The van der Waals surface area contributed by atoms with E-state index in [0.29, 0.717) is 18.3 Å². The molecule has 0 heterocycles. The van der Waals surface area contributed by atoms with Crippen molar-refractivity contribution in [2.24, 2.45) is 17.3 Å². The lowest BCUT2D eigenvalue weighted by Gasteiger charge is -2.58. The van der Waals surface area contributed by atoms with Gasteiger partial charge in [0.05, 0.1) is 12.0 Å². The first-order valence-corrected chi connectivity index (χ1v) is 8.94. The zero-order valence-corrected chi connectivity index (χ0v) is 15.0. The lowest BCUT2D eigenvalue weighted by Crippen LogP contribution is -2.56. The van der Waals surface area contributed by atoms with Gasteiger partial charge >= 0.3 is 5.97 Å². The predicted octanol–water partition coefficient (Wildman–Crippen LogP) is 1.31. The van der Waals surface area contributed by atoms with E-state index in [0.717, 1.165) is 32.1 Å². The largest absolute Gasteiger partial charge is 0.455 e. The van der Waals surface area contributed by atoms with Crippen LogP contribution in [0.1, 0.15) is 38.5 Å². The second-order valence-corrected chi connectivity index (χ2v) is 8.69. The fraction of sp³-hybridized carbons (Fsp3) is 0.824. The summed E-state index contributed by atoms with van der Waals surface area (Å²) < 4.78 is 5.35. The van der Waals surface area contributed by atoms with E-state index in [1.54, 1.807) is 0 Å². The molecule has 4 fully saturated rings. The summed E-state index contributed by atoms with van der Waals surface area (Å²) in [7, 11) is 3.03. The number of hydrogen-bond acceptors (Lipinski definition) is 4. The van der Waals surface area contributed by atoms with E-state index in [4.69, 9.17) is 16.3 Å². The summed E-state index contributed by atoms with van der Waals surface area (Å²) >= 11 is 6.72. The summed E-state index contributed by atoms with van der Waals surface area (Å²) in [5, 5.41) is 2.45. The molecule has 0 radical (unpaired) electrons. The van der Waals surface area contributed by atoms with Crippen molar-refractivity contribution in [3.63, 3.8) is 0 Å². The molecule has 4 rings (SSSR count). The summed E-state index contributed by atoms with van der Waals surface area (Å²) in [6.45, 7) is -0.369. The molecule has 4 bridgehead atoms. The smallest absolute Gasteiger partial charge is 0.312 e. The molecule has 6 nitrogen and oxygen atoms in total. The average molecular weight is 357 g/mol. The molecule has 0 aliphatic heterocycles. The highest BCUT2D eigenvalue weighted by Gasteiger charge is 2.60. The van der Waals surface area contributed by atoms with Crippen LogP contribution < -0.4 is 5.32 Å². The molecule has 2 amide bonds. The Balaban J connectivity index is 1.57. The third-order valence-corrected chi connectivity index (χ3v) is 6.28. The van der Waals surface area contributed by atoms with Crippen LogP contribution in [0, 0.1) is 17.3 Å². The van der Waals surface area contributed by atoms with Gasteiger partial charge < -0.3 is 15.0 Å². The van der Waals surface area contributed by atoms with Crippen molar-refractivity contribution in [1.29, 1.82) is 0 Å². The van der Waals surface area contributed by atoms with Crippen LogP contribution in [0.3, 0.4) is 0 Å². The predicted molar refractivity (Wildman–Crippen MR) is 88.4 cm³/mol. The molecule has 0 spiro atoms. The maximum atomic E-state index is 12.7. The fourth-order valence-corrected chi connectivity index (χ4v) is 5.86. The Bertz CT molecular complexity index is 551. The van der Waals surface area contributed by atoms with Crippen LogP contribution in [-0.4, -0.2) is 54.8 Å². The first kappa shape index (κ1) is 17.5. The number of ether oxygens (including phenoxy) is 1. The number of nitrogens with one attached hydrogen (secondary N) is 1. The number of esters is 1. The van der Waals surface area contributed by atoms with Gasteiger partial charge in [0, 0.05) is 19.0 Å². The van der Waals surface area contributed by atoms with Crippen molar-refractivity contribution < 1.29 is 19.1 Å². The highest BCUT2D eigenvalue weighted by atomic mass is 35.5. The van der Waals surface area contributed by atoms with Gasteiger partial charge in [0.15, 0.2) is 6.61 Å². The highest BCUT2D eigenvalue weighted by molar-refractivity contribution is 6.24. The first-order valence-electron chi connectivity index (χ1n) is 8.56. The molecule has 24 heavy (non-hydrogen) atoms. The molecular weight excluding hydrogens is 332 g/mol. The molecule has 0 aromatic carbocycles. The number of halogens is 1. The van der Waals surface area contributed by atoms with Gasteiger partial charge in [-0.1, -0.05) is 0 Å². The molecule has 134 valence electrons. The Kier molecular flexibility index (Phi) is 4.53. The van der Waals surface area contributed by atoms with E-state index < -0.39 is 5.41 Å². The molecule has 0 aromatic rings. The molecular formula is C17H25ClN2O4. The molecule has 0 saturated heterocycles. The number of likely N-dealkylation sites (N-methyl/N-ethyl adjacent to an activating group) is 2. The number of nitrogens with zero attached hydrogens (tertiary/aromatic N) is 1. The standard InChI is InChI=1S/C17H25ClN2O4/c1-19-13(21)8-20(2)14(22)9-24-15(23)16-4-11-3-12(5-16)7-17(18,6-11)10-16/h11-12H,3-10H2,1-2H3,(H,19,21)/t11-,12-,16?,17?/m0/s1. The summed E-state index contributed by atoms with van der Waals surface area (Å²) in [6.07, 6.45) is 5.48. The molecule has 1 N–H and O–H groups in total. The van der Waals surface area contributed by atoms with Gasteiger partial charge in [0.25, 0.3) is 5.91 Å². The van der Waals surface area contributed by atoms with Gasteiger partial charge in [-0.25, -0.2) is 0 Å². The minimum Gasteiger partial charge on any atom is -0.455 e. The van der Waals surface area contributed by atoms with E-state index in [-0.39, 0.29) is 35.8 Å². The van der Waals surface area contributed by atoms with E-state index in [9.17, 15) is 14.4 Å². The number of carbonyl (C=O) groups is 3. The normalized spacial score (nSPS) is 36.3. The monoisotopic (exact) mass is 356 g/mol. The second-order valence-electron chi connectivity index (χ2n) is 7.89. The Labute approximate surface area is 147 Å². The number of rotatable bonds is 5. The Morgan fingerprint density at radius 1 is 1.21 bits per heavy atom. The summed E-state index contributed by atoms with van der Waals surface area (Å²) in [5.74, 6) is 0.0776. The van der Waals surface area contributed by atoms with E-state index >= 15 is 0 Å². The molecule has 4 saturated carbocycles. The summed E-state index contributed by atoms with van der Waals surface area (Å²) in [5.41, 5.74) is -0.508. The molecule has 4 aliphatic carbocycles. The van der Waals surface area contributed by atoms with Gasteiger partial charge in [-0.2, -0.15) is 0 Å². The maximum absolute atomic E-state index is 12.7.